The summed E-state index contributed by atoms with van der Waals surface area (Å²) in [7, 11) is 1.39. The molecule has 1 aliphatic heterocycles. The van der Waals surface area contributed by atoms with Crippen LogP contribution in [0.25, 0.3) is 0 Å². The summed E-state index contributed by atoms with van der Waals surface area (Å²) in [4.78, 5) is 12.1. The van der Waals surface area contributed by atoms with Crippen LogP contribution in [0.4, 0.5) is 0 Å². The van der Waals surface area contributed by atoms with Gasteiger partial charge in [-0.05, 0) is 0 Å². The van der Waals surface area contributed by atoms with E-state index in [9.17, 15) is 15.0 Å². The average Bonchev–Trinajstić information content (AvgIpc) is 2.56. The van der Waals surface area contributed by atoms with E-state index < -0.39 is 37.3 Å². The Morgan fingerprint density at radius 3 is 2.55 bits per heavy atom. The van der Waals surface area contributed by atoms with Crippen LogP contribution in [0.15, 0.2) is 30.3 Å². The van der Waals surface area contributed by atoms with E-state index in [0.29, 0.717) is 5.56 Å². The Bertz CT molecular complexity index is 480. The molecule has 1 fully saturated rings. The fourth-order valence-electron chi connectivity index (χ4n) is 2.44. The summed E-state index contributed by atoms with van der Waals surface area (Å²) in [5, 5.41) is 32.0. The molecule has 7 nitrogen and oxygen atoms in total. The fourth-order valence-corrected chi connectivity index (χ4v) is 2.44. The number of aliphatic hydroxyl groups is 3. The van der Waals surface area contributed by atoms with E-state index in [1.165, 1.54) is 7.11 Å². The van der Waals surface area contributed by atoms with Crippen molar-refractivity contribution >= 4 is 5.78 Å². The minimum atomic E-state index is -1.26. The van der Waals surface area contributed by atoms with Crippen molar-refractivity contribution in [2.45, 2.75) is 30.6 Å². The summed E-state index contributed by atoms with van der Waals surface area (Å²) in [6.45, 7) is -0.473. The molecule has 0 aromatic heterocycles. The van der Waals surface area contributed by atoms with Gasteiger partial charge < -0.3 is 24.8 Å². The lowest BCUT2D eigenvalue weighted by Gasteiger charge is -2.41. The smallest absolute Gasteiger partial charge is 0.176 e. The molecule has 5 atom stereocenters. The number of ether oxygens (including phenoxy) is 2. The van der Waals surface area contributed by atoms with Gasteiger partial charge in [0.15, 0.2) is 12.1 Å². The summed E-state index contributed by atoms with van der Waals surface area (Å²) in [6.07, 6.45) is -4.29. The van der Waals surface area contributed by atoms with Gasteiger partial charge in [-0.3, -0.25) is 10.1 Å². The normalized spacial score (nSPS) is 31.9. The maximum Gasteiger partial charge on any atom is 0.176 e. The third kappa shape index (κ3) is 3.70. The number of ketones is 1. The maximum atomic E-state index is 12.1. The molecule has 0 aliphatic carbocycles. The van der Waals surface area contributed by atoms with Gasteiger partial charge in [0.2, 0.25) is 0 Å². The summed E-state index contributed by atoms with van der Waals surface area (Å²) in [6, 6.07) is 7.95. The second-order valence-electron chi connectivity index (χ2n) is 5.14. The van der Waals surface area contributed by atoms with Crippen molar-refractivity contribution in [3.05, 3.63) is 35.9 Å². The van der Waals surface area contributed by atoms with Crippen molar-refractivity contribution in [1.29, 1.82) is 0 Å². The van der Waals surface area contributed by atoms with Crippen LogP contribution >= 0.6 is 0 Å². The first-order valence-corrected chi connectivity index (χ1v) is 7.05. The maximum absolute atomic E-state index is 12.1. The predicted molar refractivity (Wildman–Crippen MR) is 77.3 cm³/mol. The molecule has 2 rings (SSSR count). The summed E-state index contributed by atoms with van der Waals surface area (Å²) in [5.74, 6) is -0.151. The minimum absolute atomic E-state index is 0.0362. The van der Waals surface area contributed by atoms with E-state index in [-0.39, 0.29) is 12.3 Å². The molecule has 1 saturated heterocycles. The highest BCUT2D eigenvalue weighted by Crippen LogP contribution is 2.21. The number of carbonyl (C=O) groups excluding carboxylic acids is 1. The zero-order valence-corrected chi connectivity index (χ0v) is 12.3. The van der Waals surface area contributed by atoms with E-state index in [4.69, 9.17) is 14.6 Å². The highest BCUT2D eigenvalue weighted by atomic mass is 16.7. The van der Waals surface area contributed by atoms with Gasteiger partial charge in [-0.25, -0.2) is 0 Å². The molecule has 122 valence electrons. The van der Waals surface area contributed by atoms with Crippen LogP contribution in [-0.2, 0) is 9.47 Å². The Morgan fingerprint density at radius 2 is 1.95 bits per heavy atom. The number of rotatable bonds is 6. The molecule has 0 saturated carbocycles. The quantitative estimate of drug-likeness (QED) is 0.495. The van der Waals surface area contributed by atoms with Crippen LogP contribution in [0.1, 0.15) is 10.4 Å². The molecule has 1 aliphatic rings. The Hall–Kier alpha value is -1.35. The topological polar surface area (TPSA) is 108 Å². The molecule has 1 aromatic rings. The largest absolute Gasteiger partial charge is 0.394 e. The number of carbonyl (C=O) groups is 1. The molecule has 1 aromatic carbocycles. The molecular formula is C15H21NO6. The van der Waals surface area contributed by atoms with Crippen molar-refractivity contribution in [3.63, 3.8) is 0 Å². The van der Waals surface area contributed by atoms with Crippen molar-refractivity contribution in [1.82, 2.24) is 5.32 Å². The Labute approximate surface area is 128 Å². The molecule has 0 radical (unpaired) electrons. The van der Waals surface area contributed by atoms with E-state index in [1.54, 1.807) is 24.3 Å². The zero-order valence-electron chi connectivity index (χ0n) is 12.3. The number of aliphatic hydroxyl groups excluding tert-OH is 3. The number of benzene rings is 1. The zero-order chi connectivity index (χ0) is 16.1. The monoisotopic (exact) mass is 311 g/mol. The van der Waals surface area contributed by atoms with Gasteiger partial charge in [0.05, 0.1) is 19.2 Å². The van der Waals surface area contributed by atoms with Gasteiger partial charge >= 0.3 is 0 Å². The summed E-state index contributed by atoms with van der Waals surface area (Å²) < 4.78 is 10.5. The van der Waals surface area contributed by atoms with Crippen molar-refractivity contribution < 1.29 is 29.6 Å². The Kier molecular flexibility index (Phi) is 6.01. The van der Waals surface area contributed by atoms with Crippen molar-refractivity contribution in [3.8, 4) is 0 Å². The molecule has 0 amide bonds. The second-order valence-corrected chi connectivity index (χ2v) is 5.14. The number of methoxy groups -OCH3 is 1. The highest BCUT2D eigenvalue weighted by molar-refractivity contribution is 5.97. The second kappa shape index (κ2) is 7.77. The molecule has 4 N–H and O–H groups in total. The summed E-state index contributed by atoms with van der Waals surface area (Å²) in [5.41, 5.74) is 0.545. The standard InChI is InChI=1S/C15H21NO6/c1-21-15-12(14(20)13(19)11(8-17)22-15)16-7-10(18)9-5-3-2-4-6-9/h2-6,11-17,19-20H,7-8H2,1H3/t11?,12?,13-,14+,15+/m0/s1. The van der Waals surface area contributed by atoms with Gasteiger partial charge in [0.1, 0.15) is 18.3 Å². The van der Waals surface area contributed by atoms with Crippen LogP contribution in [-0.4, -0.2) is 72.0 Å². The lowest BCUT2D eigenvalue weighted by Crippen LogP contribution is -2.64. The Morgan fingerprint density at radius 1 is 1.27 bits per heavy atom. The fraction of sp³-hybridized carbons (Fsp3) is 0.533. The molecule has 7 heteroatoms. The van der Waals surface area contributed by atoms with E-state index >= 15 is 0 Å². The van der Waals surface area contributed by atoms with E-state index in [2.05, 4.69) is 5.32 Å². The van der Waals surface area contributed by atoms with Gasteiger partial charge in [-0.2, -0.15) is 0 Å². The van der Waals surface area contributed by atoms with Gasteiger partial charge in [-0.15, -0.1) is 0 Å². The predicted octanol–water partition coefficient (Wildman–Crippen LogP) is -1.09. The Balaban J connectivity index is 1.99. The van der Waals surface area contributed by atoms with Crippen LogP contribution in [0.5, 0.6) is 0 Å². The van der Waals surface area contributed by atoms with Crippen LogP contribution in [0.2, 0.25) is 0 Å². The molecule has 0 spiro atoms. The third-order valence-electron chi connectivity index (χ3n) is 3.71. The molecule has 2 unspecified atom stereocenters. The molecule has 1 heterocycles. The first-order chi connectivity index (χ1) is 10.6. The van der Waals surface area contributed by atoms with Gasteiger partial charge in [0, 0.05) is 12.7 Å². The van der Waals surface area contributed by atoms with E-state index in [1.807, 2.05) is 6.07 Å². The van der Waals surface area contributed by atoms with Crippen molar-refractivity contribution in [2.24, 2.45) is 0 Å². The first-order valence-electron chi connectivity index (χ1n) is 7.05. The summed E-state index contributed by atoms with van der Waals surface area (Å²) >= 11 is 0. The van der Waals surface area contributed by atoms with Crippen LogP contribution < -0.4 is 5.32 Å². The van der Waals surface area contributed by atoms with Gasteiger partial charge in [0.25, 0.3) is 0 Å². The lowest BCUT2D eigenvalue weighted by atomic mass is 9.96. The highest BCUT2D eigenvalue weighted by Gasteiger charge is 2.44. The first kappa shape index (κ1) is 17.0. The number of hydrogen-bond donors (Lipinski definition) is 4. The molecule has 0 bridgehead atoms. The van der Waals surface area contributed by atoms with Gasteiger partial charge in [-0.1, -0.05) is 30.3 Å². The number of nitrogens with one attached hydrogen (secondary N) is 1. The number of Topliss-reactive ketones (excluding diaryl/α,β-unsaturated/α-hetero) is 1. The minimum Gasteiger partial charge on any atom is -0.394 e. The third-order valence-corrected chi connectivity index (χ3v) is 3.71. The van der Waals surface area contributed by atoms with Crippen LogP contribution in [0.3, 0.4) is 0 Å². The van der Waals surface area contributed by atoms with E-state index in [0.717, 1.165) is 0 Å². The SMILES string of the molecule is CO[C@@H]1OC(CO)[C@H](O)[C@H](O)C1NCC(=O)c1ccccc1. The average molecular weight is 311 g/mol. The lowest BCUT2D eigenvalue weighted by molar-refractivity contribution is -0.262. The molecular weight excluding hydrogens is 290 g/mol. The van der Waals surface area contributed by atoms with Crippen LogP contribution in [0, 0.1) is 0 Å². The number of hydrogen-bond acceptors (Lipinski definition) is 7. The molecule has 22 heavy (non-hydrogen) atoms. The van der Waals surface area contributed by atoms with Crippen molar-refractivity contribution in [2.75, 3.05) is 20.3 Å².